The smallest absolute Gasteiger partial charge is 0.263 e. The van der Waals surface area contributed by atoms with Gasteiger partial charge in [-0.25, -0.2) is 0 Å². The van der Waals surface area contributed by atoms with Crippen LogP contribution in [0.5, 0.6) is 0 Å². The average Bonchev–Trinajstić information content (AvgIpc) is 2.40. The van der Waals surface area contributed by atoms with E-state index in [4.69, 9.17) is 0 Å². The number of anilines is 1. The number of aromatic amines is 1. The second-order valence-corrected chi connectivity index (χ2v) is 4.28. The van der Waals surface area contributed by atoms with Gasteiger partial charge in [0.15, 0.2) is 5.43 Å². The Morgan fingerprint density at radius 2 is 1.95 bits per heavy atom. The van der Waals surface area contributed by atoms with E-state index < -0.39 is 0 Å². The molecule has 0 atom stereocenters. The molecule has 0 bridgehead atoms. The minimum atomic E-state index is -0.282. The summed E-state index contributed by atoms with van der Waals surface area (Å²) in [6.45, 7) is 4.17. The van der Waals surface area contributed by atoms with Crippen LogP contribution in [-0.2, 0) is 0 Å². The highest BCUT2D eigenvalue weighted by Crippen LogP contribution is 2.15. The molecule has 1 N–H and O–H groups in total. The van der Waals surface area contributed by atoms with Crippen LogP contribution < -0.4 is 10.3 Å². The molecule has 1 heterocycles. The van der Waals surface area contributed by atoms with E-state index in [2.05, 4.69) is 4.98 Å². The lowest BCUT2D eigenvalue weighted by Crippen LogP contribution is -2.34. The standard InChI is InChI=1S/C15H16N2O2/c1-3-17(12-7-5-4-6-8-12)15(19)13-10-16-11(2)9-14(13)18/h4-10H,3H2,1-2H3,(H,16,18). The number of aryl methyl sites for hydroxylation is 1. The van der Waals surface area contributed by atoms with Gasteiger partial charge in [-0.3, -0.25) is 9.59 Å². The molecule has 0 spiro atoms. The Morgan fingerprint density at radius 3 is 2.53 bits per heavy atom. The van der Waals surface area contributed by atoms with E-state index in [0.29, 0.717) is 6.54 Å². The number of benzene rings is 1. The molecule has 19 heavy (non-hydrogen) atoms. The number of amides is 1. The van der Waals surface area contributed by atoms with Crippen LogP contribution in [0.15, 0.2) is 47.4 Å². The number of carbonyl (C=O) groups excluding carboxylic acids is 1. The van der Waals surface area contributed by atoms with Crippen molar-refractivity contribution in [2.24, 2.45) is 0 Å². The Morgan fingerprint density at radius 1 is 1.26 bits per heavy atom. The summed E-state index contributed by atoms with van der Waals surface area (Å²) in [5, 5.41) is 0. The topological polar surface area (TPSA) is 53.2 Å². The number of hydrogen-bond acceptors (Lipinski definition) is 2. The van der Waals surface area contributed by atoms with Gasteiger partial charge in [-0.2, -0.15) is 0 Å². The Bertz CT molecular complexity index is 632. The minimum absolute atomic E-state index is 0.163. The van der Waals surface area contributed by atoms with Crippen molar-refractivity contribution in [2.75, 3.05) is 11.4 Å². The number of carbonyl (C=O) groups is 1. The van der Waals surface area contributed by atoms with Gasteiger partial charge in [-0.05, 0) is 26.0 Å². The summed E-state index contributed by atoms with van der Waals surface area (Å²) < 4.78 is 0. The summed E-state index contributed by atoms with van der Waals surface area (Å²) in [6, 6.07) is 10.8. The van der Waals surface area contributed by atoms with Gasteiger partial charge in [0.05, 0.1) is 0 Å². The molecule has 0 radical (unpaired) electrons. The fraction of sp³-hybridized carbons (Fsp3) is 0.200. The maximum Gasteiger partial charge on any atom is 0.263 e. The number of nitrogens with one attached hydrogen (secondary N) is 1. The van der Waals surface area contributed by atoms with Crippen LogP contribution in [0.2, 0.25) is 0 Å². The molecule has 0 unspecified atom stereocenters. The number of H-pyrrole nitrogens is 1. The first-order chi connectivity index (χ1) is 9.13. The molecule has 0 saturated carbocycles. The fourth-order valence-electron chi connectivity index (χ4n) is 1.94. The van der Waals surface area contributed by atoms with Crippen molar-refractivity contribution in [3.63, 3.8) is 0 Å². The Labute approximate surface area is 111 Å². The molecular weight excluding hydrogens is 240 g/mol. The monoisotopic (exact) mass is 256 g/mol. The van der Waals surface area contributed by atoms with Gasteiger partial charge in [0.1, 0.15) is 5.56 Å². The molecule has 1 aromatic heterocycles. The molecule has 4 nitrogen and oxygen atoms in total. The number of hydrogen-bond donors (Lipinski definition) is 1. The van der Waals surface area contributed by atoms with Gasteiger partial charge in [0.2, 0.25) is 0 Å². The predicted molar refractivity (Wildman–Crippen MR) is 75.6 cm³/mol. The molecule has 0 aliphatic rings. The molecule has 2 aromatic rings. The number of aromatic nitrogens is 1. The van der Waals surface area contributed by atoms with E-state index in [9.17, 15) is 9.59 Å². The normalized spacial score (nSPS) is 10.2. The molecule has 4 heteroatoms. The highest BCUT2D eigenvalue weighted by atomic mass is 16.2. The summed E-state index contributed by atoms with van der Waals surface area (Å²) >= 11 is 0. The molecule has 0 aliphatic heterocycles. The summed E-state index contributed by atoms with van der Waals surface area (Å²) in [5.41, 5.74) is 1.44. The van der Waals surface area contributed by atoms with Gasteiger partial charge < -0.3 is 9.88 Å². The van der Waals surface area contributed by atoms with Crippen LogP contribution in [0.4, 0.5) is 5.69 Å². The van der Waals surface area contributed by atoms with E-state index in [-0.39, 0.29) is 16.9 Å². The third-order valence-electron chi connectivity index (χ3n) is 2.92. The Hall–Kier alpha value is -2.36. The van der Waals surface area contributed by atoms with Crippen LogP contribution in [0.25, 0.3) is 0 Å². The predicted octanol–water partition coefficient (Wildman–Crippen LogP) is 2.35. The molecule has 98 valence electrons. The van der Waals surface area contributed by atoms with E-state index in [1.54, 1.807) is 11.8 Å². The summed E-state index contributed by atoms with van der Waals surface area (Å²) in [4.78, 5) is 28.8. The van der Waals surface area contributed by atoms with E-state index in [0.717, 1.165) is 11.4 Å². The van der Waals surface area contributed by atoms with Crippen molar-refractivity contribution in [1.29, 1.82) is 0 Å². The second kappa shape index (κ2) is 5.52. The van der Waals surface area contributed by atoms with E-state index >= 15 is 0 Å². The van der Waals surface area contributed by atoms with Crippen LogP contribution in [0.1, 0.15) is 23.0 Å². The zero-order chi connectivity index (χ0) is 13.8. The van der Waals surface area contributed by atoms with Gasteiger partial charge in [0, 0.05) is 30.2 Å². The van der Waals surface area contributed by atoms with E-state index in [1.165, 1.54) is 12.3 Å². The van der Waals surface area contributed by atoms with Crippen LogP contribution in [0.3, 0.4) is 0 Å². The Balaban J connectivity index is 2.39. The van der Waals surface area contributed by atoms with Gasteiger partial charge in [0.25, 0.3) is 5.91 Å². The largest absolute Gasteiger partial charge is 0.364 e. The second-order valence-electron chi connectivity index (χ2n) is 4.28. The van der Waals surface area contributed by atoms with Crippen LogP contribution >= 0.6 is 0 Å². The molecule has 1 aromatic carbocycles. The number of para-hydroxylation sites is 1. The van der Waals surface area contributed by atoms with E-state index in [1.807, 2.05) is 37.3 Å². The van der Waals surface area contributed by atoms with Crippen molar-refractivity contribution in [3.8, 4) is 0 Å². The van der Waals surface area contributed by atoms with Gasteiger partial charge in [-0.1, -0.05) is 18.2 Å². The molecule has 0 aliphatic carbocycles. The fourth-order valence-corrected chi connectivity index (χ4v) is 1.94. The lowest BCUT2D eigenvalue weighted by atomic mass is 10.2. The Kier molecular flexibility index (Phi) is 3.80. The lowest BCUT2D eigenvalue weighted by Gasteiger charge is -2.20. The first kappa shape index (κ1) is 13.1. The van der Waals surface area contributed by atoms with Crippen molar-refractivity contribution in [2.45, 2.75) is 13.8 Å². The zero-order valence-corrected chi connectivity index (χ0v) is 11.0. The first-order valence-electron chi connectivity index (χ1n) is 6.19. The SMILES string of the molecule is CCN(C(=O)c1c[nH]c(C)cc1=O)c1ccccc1. The number of pyridine rings is 1. The molecule has 0 fully saturated rings. The average molecular weight is 256 g/mol. The molecule has 1 amide bonds. The lowest BCUT2D eigenvalue weighted by molar-refractivity contribution is 0.0987. The van der Waals surface area contributed by atoms with Crippen molar-refractivity contribution in [3.05, 3.63) is 64.1 Å². The summed E-state index contributed by atoms with van der Waals surface area (Å²) in [6.07, 6.45) is 1.48. The quantitative estimate of drug-likeness (QED) is 0.916. The highest BCUT2D eigenvalue weighted by Gasteiger charge is 2.18. The van der Waals surface area contributed by atoms with Crippen molar-refractivity contribution < 1.29 is 4.79 Å². The summed E-state index contributed by atoms with van der Waals surface area (Å²) in [5.74, 6) is -0.282. The number of rotatable bonds is 3. The number of nitrogens with zero attached hydrogens (tertiary/aromatic N) is 1. The molecular formula is C15H16N2O2. The van der Waals surface area contributed by atoms with Gasteiger partial charge in [-0.15, -0.1) is 0 Å². The zero-order valence-electron chi connectivity index (χ0n) is 11.0. The first-order valence-corrected chi connectivity index (χ1v) is 6.19. The van der Waals surface area contributed by atoms with Crippen LogP contribution in [-0.4, -0.2) is 17.4 Å². The highest BCUT2D eigenvalue weighted by molar-refractivity contribution is 6.05. The molecule has 0 saturated heterocycles. The van der Waals surface area contributed by atoms with Crippen LogP contribution in [0, 0.1) is 6.92 Å². The maximum atomic E-state index is 12.4. The third-order valence-corrected chi connectivity index (χ3v) is 2.92. The minimum Gasteiger partial charge on any atom is -0.364 e. The maximum absolute atomic E-state index is 12.4. The van der Waals surface area contributed by atoms with Crippen molar-refractivity contribution in [1.82, 2.24) is 4.98 Å². The molecule has 2 rings (SSSR count). The summed E-state index contributed by atoms with van der Waals surface area (Å²) in [7, 11) is 0. The van der Waals surface area contributed by atoms with Crippen molar-refractivity contribution >= 4 is 11.6 Å². The van der Waals surface area contributed by atoms with Gasteiger partial charge >= 0.3 is 0 Å². The third kappa shape index (κ3) is 2.73.